The predicted octanol–water partition coefficient (Wildman–Crippen LogP) is 2.55. The van der Waals surface area contributed by atoms with Crippen LogP contribution in [0.15, 0.2) is 30.3 Å². The van der Waals surface area contributed by atoms with E-state index in [9.17, 15) is 4.79 Å². The van der Waals surface area contributed by atoms with Gasteiger partial charge in [0.05, 0.1) is 6.10 Å². The van der Waals surface area contributed by atoms with Crippen LogP contribution in [0.4, 0.5) is 0 Å². The molecular weight excluding hydrogens is 294 g/mol. The van der Waals surface area contributed by atoms with E-state index in [0.29, 0.717) is 0 Å². The zero-order chi connectivity index (χ0) is 17.8. The van der Waals surface area contributed by atoms with Crippen LogP contribution in [-0.2, 0) is 25.5 Å². The summed E-state index contributed by atoms with van der Waals surface area (Å²) in [6, 6.07) is 10.2. The molecule has 0 aromatic heterocycles. The lowest BCUT2D eigenvalue weighted by Gasteiger charge is -2.30. The summed E-state index contributed by atoms with van der Waals surface area (Å²) in [6.45, 7) is 8.75. The van der Waals surface area contributed by atoms with E-state index in [-0.39, 0.29) is 30.2 Å². The Morgan fingerprint density at radius 2 is 1.65 bits per heavy atom. The van der Waals surface area contributed by atoms with Crippen molar-refractivity contribution in [3.8, 4) is 0 Å². The Labute approximate surface area is 138 Å². The summed E-state index contributed by atoms with van der Waals surface area (Å²) in [5.74, 6) is 0.118. The first-order chi connectivity index (χ1) is 10.8. The third kappa shape index (κ3) is 8.91. The first-order valence-electron chi connectivity index (χ1n) is 7.77. The second kappa shape index (κ2) is 11.6. The highest BCUT2D eigenvalue weighted by Crippen LogP contribution is 2.13. The highest BCUT2D eigenvalue weighted by Gasteiger charge is 2.28. The number of carbonyl (C=O) groups is 1. The second-order valence-corrected chi connectivity index (χ2v) is 5.97. The topological polar surface area (TPSA) is 63.7 Å². The maximum Gasteiger partial charge on any atom is 0.373 e. The van der Waals surface area contributed by atoms with Gasteiger partial charge in [0.15, 0.2) is 0 Å². The van der Waals surface area contributed by atoms with Gasteiger partial charge in [-0.1, -0.05) is 44.2 Å². The number of carbonyl (C=O) groups excluding carboxylic acids is 3. The van der Waals surface area contributed by atoms with Gasteiger partial charge in [-0.2, -0.15) is 9.59 Å². The van der Waals surface area contributed by atoms with Crippen LogP contribution in [0.5, 0.6) is 0 Å². The number of hydrogen-bond acceptors (Lipinski definition) is 5. The van der Waals surface area contributed by atoms with Gasteiger partial charge in [-0.3, -0.25) is 9.69 Å². The van der Waals surface area contributed by atoms with E-state index in [1.165, 1.54) is 5.56 Å². The van der Waals surface area contributed by atoms with Crippen LogP contribution in [0, 0.1) is 5.92 Å². The fourth-order valence-corrected chi connectivity index (χ4v) is 2.35. The van der Waals surface area contributed by atoms with E-state index in [4.69, 9.17) is 14.3 Å². The molecule has 1 atom stereocenters. The Bertz CT molecular complexity index is 479. The Balaban J connectivity index is 0.00000149. The van der Waals surface area contributed by atoms with Crippen molar-refractivity contribution in [1.29, 1.82) is 0 Å². The molecule has 0 amide bonds. The van der Waals surface area contributed by atoms with E-state index in [0.717, 1.165) is 13.0 Å². The zero-order valence-corrected chi connectivity index (χ0v) is 14.6. The summed E-state index contributed by atoms with van der Waals surface area (Å²) in [6.07, 6.45) is 1.13. The van der Waals surface area contributed by atoms with Gasteiger partial charge in [0.2, 0.25) is 0 Å². The first-order valence-corrected chi connectivity index (χ1v) is 7.77. The molecular formula is C18H27NO4. The molecule has 128 valence electrons. The molecule has 0 aliphatic rings. The van der Waals surface area contributed by atoms with Crippen LogP contribution in [0.3, 0.4) is 0 Å². The molecule has 0 N–H and O–H groups in total. The average Bonchev–Trinajstić information content (AvgIpc) is 2.46. The van der Waals surface area contributed by atoms with Crippen molar-refractivity contribution in [3.63, 3.8) is 0 Å². The summed E-state index contributed by atoms with van der Waals surface area (Å²) >= 11 is 0. The first kappa shape index (κ1) is 21.0. The van der Waals surface area contributed by atoms with Gasteiger partial charge < -0.3 is 4.74 Å². The largest absolute Gasteiger partial charge is 0.462 e. The second-order valence-electron chi connectivity index (χ2n) is 5.97. The van der Waals surface area contributed by atoms with Crippen LogP contribution in [0.25, 0.3) is 0 Å². The normalized spacial score (nSPS) is 11.7. The van der Waals surface area contributed by atoms with E-state index in [2.05, 4.69) is 30.9 Å². The van der Waals surface area contributed by atoms with Crippen LogP contribution < -0.4 is 0 Å². The molecule has 5 nitrogen and oxygen atoms in total. The number of rotatable bonds is 7. The van der Waals surface area contributed by atoms with Gasteiger partial charge in [-0.05, 0) is 38.8 Å². The molecule has 0 spiro atoms. The molecule has 0 aliphatic heterocycles. The number of nitrogens with zero attached hydrogens (tertiary/aromatic N) is 1. The van der Waals surface area contributed by atoms with Gasteiger partial charge in [-0.25, -0.2) is 0 Å². The number of ether oxygens (including phenoxy) is 1. The minimum absolute atomic E-state index is 0.0636. The Hall–Kier alpha value is -1.97. The van der Waals surface area contributed by atoms with E-state index >= 15 is 0 Å². The van der Waals surface area contributed by atoms with Crippen molar-refractivity contribution in [1.82, 2.24) is 4.90 Å². The Kier molecular flexibility index (Phi) is 10.6. The molecule has 0 aliphatic carbocycles. The van der Waals surface area contributed by atoms with Gasteiger partial charge in [0, 0.05) is 6.54 Å². The van der Waals surface area contributed by atoms with Crippen LogP contribution >= 0.6 is 0 Å². The lowest BCUT2D eigenvalue weighted by atomic mass is 10.0. The molecule has 1 aromatic rings. The standard InChI is InChI=1S/C17H27NO2.CO2/c1-13(2)16(17(19)20-14(3)4)18(5)12-11-15-9-7-6-8-10-15;2-1-3/h6-10,13-14,16H,11-12H2,1-5H3;. The molecule has 0 bridgehead atoms. The third-order valence-corrected chi connectivity index (χ3v) is 3.30. The third-order valence-electron chi connectivity index (χ3n) is 3.30. The fourth-order valence-electron chi connectivity index (χ4n) is 2.35. The maximum atomic E-state index is 12.2. The maximum absolute atomic E-state index is 12.2. The SMILES string of the molecule is CC(C)OC(=O)C(C(C)C)N(C)CCc1ccccc1.O=C=O. The van der Waals surface area contributed by atoms with Crippen molar-refractivity contribution in [3.05, 3.63) is 35.9 Å². The minimum Gasteiger partial charge on any atom is -0.462 e. The molecule has 5 heteroatoms. The fraction of sp³-hybridized carbons (Fsp3) is 0.556. The molecule has 1 rings (SSSR count). The minimum atomic E-state index is -0.180. The quantitative estimate of drug-likeness (QED) is 0.722. The highest BCUT2D eigenvalue weighted by atomic mass is 16.5. The van der Waals surface area contributed by atoms with E-state index in [1.807, 2.05) is 39.1 Å². The van der Waals surface area contributed by atoms with Crippen molar-refractivity contribution >= 4 is 12.1 Å². The highest BCUT2D eigenvalue weighted by molar-refractivity contribution is 5.76. The monoisotopic (exact) mass is 321 g/mol. The molecule has 0 saturated carbocycles. The van der Waals surface area contributed by atoms with Crippen molar-refractivity contribution in [2.45, 2.75) is 46.3 Å². The summed E-state index contributed by atoms with van der Waals surface area (Å²) < 4.78 is 5.37. The summed E-state index contributed by atoms with van der Waals surface area (Å²) in [5, 5.41) is 0. The Morgan fingerprint density at radius 1 is 1.13 bits per heavy atom. The summed E-state index contributed by atoms with van der Waals surface area (Å²) in [7, 11) is 2.00. The molecule has 1 unspecified atom stereocenters. The lowest BCUT2D eigenvalue weighted by Crippen LogP contribution is -2.45. The molecule has 0 heterocycles. The average molecular weight is 321 g/mol. The zero-order valence-electron chi connectivity index (χ0n) is 14.6. The predicted molar refractivity (Wildman–Crippen MR) is 87.6 cm³/mol. The number of esters is 1. The van der Waals surface area contributed by atoms with Crippen LogP contribution in [0.1, 0.15) is 33.3 Å². The molecule has 0 fully saturated rings. The van der Waals surface area contributed by atoms with Gasteiger partial charge in [0.1, 0.15) is 6.04 Å². The van der Waals surface area contributed by atoms with Crippen LogP contribution in [-0.4, -0.2) is 42.8 Å². The lowest BCUT2D eigenvalue weighted by molar-refractivity contribution is -0.191. The summed E-state index contributed by atoms with van der Waals surface area (Å²) in [5.41, 5.74) is 1.29. The van der Waals surface area contributed by atoms with Gasteiger partial charge >= 0.3 is 12.1 Å². The van der Waals surface area contributed by atoms with E-state index < -0.39 is 0 Å². The van der Waals surface area contributed by atoms with Gasteiger partial charge in [-0.15, -0.1) is 0 Å². The number of hydrogen-bond donors (Lipinski definition) is 0. The molecule has 0 radical (unpaired) electrons. The van der Waals surface area contributed by atoms with E-state index in [1.54, 1.807) is 0 Å². The van der Waals surface area contributed by atoms with Crippen molar-refractivity contribution in [2.24, 2.45) is 5.92 Å². The number of likely N-dealkylation sites (N-methyl/N-ethyl adjacent to an activating group) is 1. The van der Waals surface area contributed by atoms with Gasteiger partial charge in [0.25, 0.3) is 0 Å². The number of benzene rings is 1. The Morgan fingerprint density at radius 3 is 2.09 bits per heavy atom. The smallest absolute Gasteiger partial charge is 0.373 e. The summed E-state index contributed by atoms with van der Waals surface area (Å²) in [4.78, 5) is 30.5. The van der Waals surface area contributed by atoms with Crippen molar-refractivity contribution < 1.29 is 19.1 Å². The molecule has 0 saturated heterocycles. The molecule has 1 aromatic carbocycles. The van der Waals surface area contributed by atoms with Crippen LogP contribution in [0.2, 0.25) is 0 Å². The molecule has 23 heavy (non-hydrogen) atoms. The van der Waals surface area contributed by atoms with Crippen molar-refractivity contribution in [2.75, 3.05) is 13.6 Å².